The summed E-state index contributed by atoms with van der Waals surface area (Å²) in [5, 5.41) is 19.3. The number of nitrogens with zero attached hydrogens (tertiary/aromatic N) is 1. The zero-order chi connectivity index (χ0) is 17.0. The van der Waals surface area contributed by atoms with Gasteiger partial charge in [-0.1, -0.05) is 13.8 Å². The van der Waals surface area contributed by atoms with Gasteiger partial charge in [0.2, 0.25) is 0 Å². The molecule has 0 bridgehead atoms. The number of hydrogen-bond acceptors (Lipinski definition) is 3. The summed E-state index contributed by atoms with van der Waals surface area (Å²) in [5.41, 5.74) is 0.140. The first-order valence-corrected chi connectivity index (χ1v) is 8.66. The zero-order valence-electron chi connectivity index (χ0n) is 15.9. The predicted molar refractivity (Wildman–Crippen MR) is 112 cm³/mol. The number of guanidine groups is 1. The summed E-state index contributed by atoms with van der Waals surface area (Å²) in [5.74, 6) is 1.95. The summed E-state index contributed by atoms with van der Waals surface area (Å²) >= 11 is 0. The van der Waals surface area contributed by atoms with E-state index >= 15 is 0 Å². The van der Waals surface area contributed by atoms with Crippen molar-refractivity contribution in [3.8, 4) is 0 Å². The molecular weight excluding hydrogens is 403 g/mol. The van der Waals surface area contributed by atoms with Crippen molar-refractivity contribution in [3.63, 3.8) is 0 Å². The van der Waals surface area contributed by atoms with Crippen molar-refractivity contribution in [2.24, 2.45) is 16.8 Å². The van der Waals surface area contributed by atoms with Crippen molar-refractivity contribution in [3.05, 3.63) is 0 Å². The van der Waals surface area contributed by atoms with Gasteiger partial charge in [-0.05, 0) is 52.4 Å². The molecule has 1 unspecified atom stereocenters. The minimum atomic E-state index is 0. The lowest BCUT2D eigenvalue weighted by Crippen LogP contribution is -2.44. The van der Waals surface area contributed by atoms with E-state index in [9.17, 15) is 5.11 Å². The Balaban J connectivity index is 0. The Labute approximate surface area is 160 Å². The number of nitrogens with one attached hydrogen (secondary N) is 3. The molecule has 0 heterocycles. The van der Waals surface area contributed by atoms with E-state index in [1.807, 2.05) is 0 Å². The van der Waals surface area contributed by atoms with Crippen LogP contribution in [0, 0.1) is 11.8 Å². The normalized spacial score (nSPS) is 13.7. The van der Waals surface area contributed by atoms with E-state index in [0.717, 1.165) is 45.0 Å². The highest BCUT2D eigenvalue weighted by molar-refractivity contribution is 14.0. The lowest BCUT2D eigenvalue weighted by atomic mass is 9.94. The van der Waals surface area contributed by atoms with Crippen molar-refractivity contribution in [1.29, 1.82) is 0 Å². The van der Waals surface area contributed by atoms with Crippen LogP contribution in [0.5, 0.6) is 0 Å². The standard InChI is InChI=1S/C17H38N4O.HI/c1-7-18-16(19-9-10-21-17(4,5)6)20-13-15(8-11-22)12-14(2)3;/h14-15,21-22H,7-13H2,1-6H3,(H2,18,19,20);1H. The highest BCUT2D eigenvalue weighted by Gasteiger charge is 2.11. The van der Waals surface area contributed by atoms with Crippen LogP contribution in [-0.4, -0.2) is 49.4 Å². The fourth-order valence-electron chi connectivity index (χ4n) is 2.31. The van der Waals surface area contributed by atoms with Gasteiger partial charge >= 0.3 is 0 Å². The number of aliphatic imine (C=N–C) groups is 1. The average Bonchev–Trinajstić information content (AvgIpc) is 2.39. The molecule has 0 radical (unpaired) electrons. The summed E-state index contributed by atoms with van der Waals surface area (Å²) in [6, 6.07) is 0. The second-order valence-electron chi connectivity index (χ2n) is 7.33. The summed E-state index contributed by atoms with van der Waals surface area (Å²) < 4.78 is 0. The summed E-state index contributed by atoms with van der Waals surface area (Å²) in [6.45, 7) is 16.6. The first-order valence-electron chi connectivity index (χ1n) is 8.66. The van der Waals surface area contributed by atoms with Crippen LogP contribution in [0.15, 0.2) is 4.99 Å². The molecule has 140 valence electrons. The van der Waals surface area contributed by atoms with E-state index in [0.29, 0.717) is 11.8 Å². The topological polar surface area (TPSA) is 68.7 Å². The molecule has 0 aromatic carbocycles. The summed E-state index contributed by atoms with van der Waals surface area (Å²) in [4.78, 5) is 4.67. The van der Waals surface area contributed by atoms with Crippen LogP contribution < -0.4 is 16.0 Å². The maximum atomic E-state index is 9.18. The van der Waals surface area contributed by atoms with Gasteiger partial charge in [0.15, 0.2) is 5.96 Å². The van der Waals surface area contributed by atoms with E-state index < -0.39 is 0 Å². The van der Waals surface area contributed by atoms with E-state index in [1.165, 1.54) is 0 Å². The third-order valence-electron chi connectivity index (χ3n) is 3.27. The van der Waals surface area contributed by atoms with Gasteiger partial charge in [-0.3, -0.25) is 4.99 Å². The van der Waals surface area contributed by atoms with E-state index in [2.05, 4.69) is 62.5 Å². The van der Waals surface area contributed by atoms with Gasteiger partial charge in [0, 0.05) is 38.3 Å². The van der Waals surface area contributed by atoms with Crippen molar-refractivity contribution in [2.45, 2.75) is 59.9 Å². The fraction of sp³-hybridized carbons (Fsp3) is 0.941. The number of aliphatic hydroxyl groups is 1. The van der Waals surface area contributed by atoms with E-state index in [-0.39, 0.29) is 36.1 Å². The predicted octanol–water partition coefficient (Wildman–Crippen LogP) is 2.59. The Kier molecular flexibility index (Phi) is 15.6. The smallest absolute Gasteiger partial charge is 0.191 e. The highest BCUT2D eigenvalue weighted by atomic mass is 127. The Morgan fingerprint density at radius 2 is 1.78 bits per heavy atom. The van der Waals surface area contributed by atoms with Crippen LogP contribution in [0.25, 0.3) is 0 Å². The largest absolute Gasteiger partial charge is 0.396 e. The van der Waals surface area contributed by atoms with E-state index in [4.69, 9.17) is 0 Å². The van der Waals surface area contributed by atoms with Crippen LogP contribution in [0.4, 0.5) is 0 Å². The molecule has 0 spiro atoms. The SMILES string of the molecule is CCNC(=NCC(CCO)CC(C)C)NCCNC(C)(C)C.I. The van der Waals surface area contributed by atoms with Gasteiger partial charge in [0.1, 0.15) is 0 Å². The van der Waals surface area contributed by atoms with Crippen LogP contribution in [0.1, 0.15) is 54.4 Å². The van der Waals surface area contributed by atoms with Crippen molar-refractivity contribution >= 4 is 29.9 Å². The third-order valence-corrected chi connectivity index (χ3v) is 3.27. The van der Waals surface area contributed by atoms with Gasteiger partial charge < -0.3 is 21.1 Å². The lowest BCUT2D eigenvalue weighted by molar-refractivity contribution is 0.245. The highest BCUT2D eigenvalue weighted by Crippen LogP contribution is 2.15. The van der Waals surface area contributed by atoms with Gasteiger partial charge in [0.25, 0.3) is 0 Å². The van der Waals surface area contributed by atoms with Crippen molar-refractivity contribution in [2.75, 3.05) is 32.8 Å². The second-order valence-corrected chi connectivity index (χ2v) is 7.33. The van der Waals surface area contributed by atoms with Crippen molar-refractivity contribution in [1.82, 2.24) is 16.0 Å². The molecule has 0 amide bonds. The first kappa shape index (κ1) is 25.2. The second kappa shape index (κ2) is 14.3. The van der Waals surface area contributed by atoms with Gasteiger partial charge in [0.05, 0.1) is 0 Å². The monoisotopic (exact) mass is 442 g/mol. The van der Waals surface area contributed by atoms with Gasteiger partial charge in [-0.15, -0.1) is 24.0 Å². The Bertz CT molecular complexity index is 303. The minimum absolute atomic E-state index is 0. The maximum Gasteiger partial charge on any atom is 0.191 e. The number of rotatable bonds is 10. The van der Waals surface area contributed by atoms with Gasteiger partial charge in [-0.2, -0.15) is 0 Å². The lowest BCUT2D eigenvalue weighted by Gasteiger charge is -2.21. The molecule has 1 atom stereocenters. The Hall–Kier alpha value is -0.0800. The molecule has 4 N–H and O–H groups in total. The molecule has 0 aliphatic heterocycles. The molecule has 0 saturated heterocycles. The molecule has 6 heteroatoms. The molecule has 0 fully saturated rings. The maximum absolute atomic E-state index is 9.18. The minimum Gasteiger partial charge on any atom is -0.396 e. The Morgan fingerprint density at radius 1 is 1.13 bits per heavy atom. The van der Waals surface area contributed by atoms with Gasteiger partial charge in [-0.25, -0.2) is 0 Å². The van der Waals surface area contributed by atoms with Crippen molar-refractivity contribution < 1.29 is 5.11 Å². The first-order chi connectivity index (χ1) is 10.3. The zero-order valence-corrected chi connectivity index (χ0v) is 18.2. The van der Waals surface area contributed by atoms with Crippen LogP contribution in [0.2, 0.25) is 0 Å². The molecule has 5 nitrogen and oxygen atoms in total. The Morgan fingerprint density at radius 3 is 2.26 bits per heavy atom. The van der Waals surface area contributed by atoms with Crippen LogP contribution >= 0.6 is 24.0 Å². The number of hydrogen-bond donors (Lipinski definition) is 4. The summed E-state index contributed by atoms with van der Waals surface area (Å²) in [7, 11) is 0. The molecule has 23 heavy (non-hydrogen) atoms. The molecule has 0 saturated carbocycles. The number of aliphatic hydroxyl groups excluding tert-OH is 1. The molecule has 0 aliphatic carbocycles. The van der Waals surface area contributed by atoms with Crippen LogP contribution in [0.3, 0.4) is 0 Å². The molecule has 0 rings (SSSR count). The molecule has 0 aliphatic rings. The fourth-order valence-corrected chi connectivity index (χ4v) is 2.31. The quantitative estimate of drug-likeness (QED) is 0.182. The summed E-state index contributed by atoms with van der Waals surface area (Å²) in [6.07, 6.45) is 1.93. The number of halogens is 1. The third kappa shape index (κ3) is 16.6. The molecule has 0 aromatic heterocycles. The molecular formula is C17H39IN4O. The average molecular weight is 442 g/mol. The molecule has 0 aromatic rings. The van der Waals surface area contributed by atoms with Crippen LogP contribution in [-0.2, 0) is 0 Å². The van der Waals surface area contributed by atoms with E-state index in [1.54, 1.807) is 0 Å².